The Hall–Kier alpha value is -2.23. The van der Waals surface area contributed by atoms with Crippen molar-refractivity contribution in [1.29, 1.82) is 0 Å². The minimum atomic E-state index is -3.68. The number of piperidine rings is 1. The third kappa shape index (κ3) is 3.64. The number of rotatable bonds is 4. The van der Waals surface area contributed by atoms with E-state index in [2.05, 4.69) is 10.5 Å². The van der Waals surface area contributed by atoms with Gasteiger partial charge in [-0.2, -0.15) is 4.31 Å². The molecule has 3 rings (SSSR count). The predicted molar refractivity (Wildman–Crippen MR) is 94.4 cm³/mol. The normalized spacial score (nSPS) is 18.7. The highest BCUT2D eigenvalue weighted by atomic mass is 32.2. The monoisotopic (exact) mass is 379 g/mol. The van der Waals surface area contributed by atoms with Crippen LogP contribution in [0.2, 0.25) is 0 Å². The van der Waals surface area contributed by atoms with Crippen molar-refractivity contribution in [3.05, 3.63) is 41.3 Å². The summed E-state index contributed by atoms with van der Waals surface area (Å²) < 4.78 is 31.6. The number of hydrogen-bond donors (Lipinski definition) is 2. The first-order chi connectivity index (χ1) is 12.3. The van der Waals surface area contributed by atoms with Gasteiger partial charge in [-0.05, 0) is 51.0 Å². The van der Waals surface area contributed by atoms with Crippen LogP contribution in [0.15, 0.2) is 33.7 Å². The highest BCUT2D eigenvalue weighted by Crippen LogP contribution is 2.23. The van der Waals surface area contributed by atoms with E-state index >= 15 is 0 Å². The maximum absolute atomic E-state index is 12.7. The molecule has 0 bridgehead atoms. The molecule has 1 aliphatic rings. The van der Waals surface area contributed by atoms with Crippen molar-refractivity contribution in [3.8, 4) is 0 Å². The molecule has 26 heavy (non-hydrogen) atoms. The molecule has 8 nitrogen and oxygen atoms in total. The summed E-state index contributed by atoms with van der Waals surface area (Å²) in [7, 11) is -3.68. The number of aryl methyl sites for hydroxylation is 2. The van der Waals surface area contributed by atoms with Crippen molar-refractivity contribution >= 4 is 21.6 Å². The summed E-state index contributed by atoms with van der Waals surface area (Å²) in [5, 5.41) is 16.2. The summed E-state index contributed by atoms with van der Waals surface area (Å²) in [5.74, 6) is 0.121. The lowest BCUT2D eigenvalue weighted by molar-refractivity contribution is 0.102. The van der Waals surface area contributed by atoms with Crippen LogP contribution in [0.5, 0.6) is 0 Å². The molecule has 1 aromatic carbocycles. The van der Waals surface area contributed by atoms with E-state index in [4.69, 9.17) is 4.52 Å². The number of nitrogens with one attached hydrogen (secondary N) is 1. The molecule has 2 heterocycles. The van der Waals surface area contributed by atoms with E-state index in [0.29, 0.717) is 42.1 Å². The Kier molecular flexibility index (Phi) is 5.12. The highest BCUT2D eigenvalue weighted by molar-refractivity contribution is 7.89. The van der Waals surface area contributed by atoms with Crippen LogP contribution in [0, 0.1) is 13.8 Å². The third-order valence-corrected chi connectivity index (χ3v) is 6.26. The SMILES string of the molecule is Cc1noc(C)c1NC(=O)c1ccc(S(=O)(=O)N2CCC[C@@H](O)C2)cc1. The summed E-state index contributed by atoms with van der Waals surface area (Å²) in [6.07, 6.45) is 0.587. The summed E-state index contributed by atoms with van der Waals surface area (Å²) in [4.78, 5) is 12.4. The average molecular weight is 379 g/mol. The van der Waals surface area contributed by atoms with Gasteiger partial charge in [-0.3, -0.25) is 4.79 Å². The van der Waals surface area contributed by atoms with Gasteiger partial charge in [0.05, 0.1) is 11.0 Å². The number of aromatic nitrogens is 1. The molecule has 9 heteroatoms. The van der Waals surface area contributed by atoms with E-state index in [-0.39, 0.29) is 17.3 Å². The standard InChI is InChI=1S/C17H21N3O5S/c1-11-16(12(2)25-19-11)18-17(22)13-5-7-15(8-6-13)26(23,24)20-9-3-4-14(21)10-20/h5-8,14,21H,3-4,9-10H2,1-2H3,(H,18,22)/t14-/m1/s1. The Bertz CT molecular complexity index is 885. The molecule has 1 fully saturated rings. The Labute approximate surface area is 151 Å². The smallest absolute Gasteiger partial charge is 0.255 e. The molecule has 1 saturated heterocycles. The molecule has 140 valence electrons. The van der Waals surface area contributed by atoms with Gasteiger partial charge in [-0.1, -0.05) is 5.16 Å². The van der Waals surface area contributed by atoms with E-state index in [9.17, 15) is 18.3 Å². The second-order valence-corrected chi connectivity index (χ2v) is 8.27. The van der Waals surface area contributed by atoms with Crippen LogP contribution in [0.1, 0.15) is 34.7 Å². The molecule has 0 radical (unpaired) electrons. The Morgan fingerprint density at radius 3 is 2.58 bits per heavy atom. The lowest BCUT2D eigenvalue weighted by atomic mass is 10.1. The van der Waals surface area contributed by atoms with Crippen molar-refractivity contribution < 1.29 is 22.8 Å². The number of benzene rings is 1. The van der Waals surface area contributed by atoms with Crippen LogP contribution in [0.3, 0.4) is 0 Å². The highest BCUT2D eigenvalue weighted by Gasteiger charge is 2.29. The molecule has 1 aliphatic heterocycles. The second-order valence-electron chi connectivity index (χ2n) is 6.34. The van der Waals surface area contributed by atoms with Gasteiger partial charge >= 0.3 is 0 Å². The molecule has 2 N–H and O–H groups in total. The zero-order chi connectivity index (χ0) is 18.9. The van der Waals surface area contributed by atoms with Crippen LogP contribution >= 0.6 is 0 Å². The number of hydrogen-bond acceptors (Lipinski definition) is 6. The number of aliphatic hydroxyl groups excluding tert-OH is 1. The maximum Gasteiger partial charge on any atom is 0.255 e. The Morgan fingerprint density at radius 2 is 2.00 bits per heavy atom. The molecule has 2 aromatic rings. The number of nitrogens with zero attached hydrogens (tertiary/aromatic N) is 2. The largest absolute Gasteiger partial charge is 0.392 e. The van der Waals surface area contributed by atoms with Crippen molar-refractivity contribution in [2.75, 3.05) is 18.4 Å². The molecular weight excluding hydrogens is 358 g/mol. The van der Waals surface area contributed by atoms with E-state index in [1.54, 1.807) is 13.8 Å². The molecule has 1 aromatic heterocycles. The predicted octanol–water partition coefficient (Wildman–Crippen LogP) is 1.69. The number of anilines is 1. The molecule has 1 amide bonds. The first kappa shape index (κ1) is 18.6. The Balaban J connectivity index is 1.76. The zero-order valence-electron chi connectivity index (χ0n) is 14.6. The van der Waals surface area contributed by atoms with Gasteiger partial charge in [0, 0.05) is 18.7 Å². The summed E-state index contributed by atoms with van der Waals surface area (Å²) in [6, 6.07) is 5.72. The van der Waals surface area contributed by atoms with Gasteiger partial charge in [-0.15, -0.1) is 0 Å². The number of carbonyl (C=O) groups is 1. The zero-order valence-corrected chi connectivity index (χ0v) is 15.4. The minimum absolute atomic E-state index is 0.0939. The van der Waals surface area contributed by atoms with Crippen LogP contribution in [0.25, 0.3) is 0 Å². The van der Waals surface area contributed by atoms with Crippen molar-refractivity contribution in [2.24, 2.45) is 0 Å². The number of aliphatic hydroxyl groups is 1. The summed E-state index contributed by atoms with van der Waals surface area (Å²) in [6.45, 7) is 3.89. The molecular formula is C17H21N3O5S. The lowest BCUT2D eigenvalue weighted by Crippen LogP contribution is -2.42. The van der Waals surface area contributed by atoms with Gasteiger partial charge < -0.3 is 14.9 Å². The molecule has 0 spiro atoms. The molecule has 1 atom stereocenters. The van der Waals surface area contributed by atoms with E-state index in [1.807, 2.05) is 0 Å². The second kappa shape index (κ2) is 7.18. The fourth-order valence-electron chi connectivity index (χ4n) is 2.91. The van der Waals surface area contributed by atoms with Crippen LogP contribution in [-0.4, -0.2) is 48.1 Å². The van der Waals surface area contributed by atoms with Crippen LogP contribution in [0.4, 0.5) is 5.69 Å². The van der Waals surface area contributed by atoms with Gasteiger partial charge in [0.25, 0.3) is 5.91 Å². The van der Waals surface area contributed by atoms with Gasteiger partial charge in [0.1, 0.15) is 11.4 Å². The fourth-order valence-corrected chi connectivity index (χ4v) is 4.43. The molecule has 0 aliphatic carbocycles. The molecule has 0 unspecified atom stereocenters. The number of sulfonamides is 1. The quantitative estimate of drug-likeness (QED) is 0.836. The van der Waals surface area contributed by atoms with E-state index in [0.717, 1.165) is 0 Å². The van der Waals surface area contributed by atoms with Gasteiger partial charge in [0.15, 0.2) is 5.76 Å². The van der Waals surface area contributed by atoms with Crippen molar-refractivity contribution in [3.63, 3.8) is 0 Å². The van der Waals surface area contributed by atoms with Crippen LogP contribution in [-0.2, 0) is 10.0 Å². The van der Waals surface area contributed by atoms with Crippen molar-refractivity contribution in [1.82, 2.24) is 9.46 Å². The number of carbonyl (C=O) groups excluding carboxylic acids is 1. The summed E-state index contributed by atoms with van der Waals surface area (Å²) in [5.41, 5.74) is 1.40. The minimum Gasteiger partial charge on any atom is -0.392 e. The van der Waals surface area contributed by atoms with Gasteiger partial charge in [-0.25, -0.2) is 8.42 Å². The van der Waals surface area contributed by atoms with E-state index in [1.165, 1.54) is 28.6 Å². The van der Waals surface area contributed by atoms with Crippen molar-refractivity contribution in [2.45, 2.75) is 37.7 Å². The fraction of sp³-hybridized carbons (Fsp3) is 0.412. The van der Waals surface area contributed by atoms with E-state index < -0.39 is 16.1 Å². The average Bonchev–Trinajstić information content (AvgIpc) is 2.94. The molecule has 0 saturated carbocycles. The summed E-state index contributed by atoms with van der Waals surface area (Å²) >= 11 is 0. The Morgan fingerprint density at radius 1 is 1.31 bits per heavy atom. The topological polar surface area (TPSA) is 113 Å². The first-order valence-electron chi connectivity index (χ1n) is 8.31. The number of β-amino-alcohol motifs (C(OH)–C–C–N with tert-alkyl or cyclic N) is 1. The maximum atomic E-state index is 12.7. The lowest BCUT2D eigenvalue weighted by Gasteiger charge is -2.29. The first-order valence-corrected chi connectivity index (χ1v) is 9.75. The van der Waals surface area contributed by atoms with Gasteiger partial charge in [0.2, 0.25) is 10.0 Å². The third-order valence-electron chi connectivity index (χ3n) is 4.39. The number of amides is 1. The van der Waals surface area contributed by atoms with Crippen LogP contribution < -0.4 is 5.32 Å².